The zero-order valence-corrected chi connectivity index (χ0v) is 17.5. The third-order valence-corrected chi connectivity index (χ3v) is 5.93. The Kier molecular flexibility index (Phi) is 5.94. The molecule has 0 fully saturated rings. The maximum absolute atomic E-state index is 14.3. The number of aldehydes is 1. The van der Waals surface area contributed by atoms with E-state index < -0.39 is 11.9 Å². The minimum absolute atomic E-state index is 0.0144. The average molecular weight is 461 g/mol. The van der Waals surface area contributed by atoms with Crippen LogP contribution >= 0.6 is 23.3 Å². The first-order valence-electron chi connectivity index (χ1n) is 9.02. The molecule has 31 heavy (non-hydrogen) atoms. The van der Waals surface area contributed by atoms with E-state index in [2.05, 4.69) is 10.1 Å². The molecule has 0 aliphatic carbocycles. The van der Waals surface area contributed by atoms with Crippen molar-refractivity contribution in [3.8, 4) is 16.4 Å². The van der Waals surface area contributed by atoms with Gasteiger partial charge in [0, 0.05) is 27.8 Å². The van der Waals surface area contributed by atoms with Gasteiger partial charge in [0.15, 0.2) is 12.0 Å². The lowest BCUT2D eigenvalue weighted by atomic mass is 9.99. The first-order chi connectivity index (χ1) is 14.9. The largest absolute Gasteiger partial charge is 0.433 e. The summed E-state index contributed by atoms with van der Waals surface area (Å²) in [5.41, 5.74) is 0.648. The van der Waals surface area contributed by atoms with Gasteiger partial charge in [-0.15, -0.1) is 11.3 Å². The number of alkyl halides is 3. The summed E-state index contributed by atoms with van der Waals surface area (Å²) in [6.45, 7) is 0. The highest BCUT2D eigenvalue weighted by Gasteiger charge is 2.41. The number of nitrogens with zero attached hydrogens (tertiary/aromatic N) is 3. The summed E-state index contributed by atoms with van der Waals surface area (Å²) < 4.78 is 43.6. The van der Waals surface area contributed by atoms with Crippen LogP contribution < -0.4 is 5.14 Å². The lowest BCUT2D eigenvalue weighted by Gasteiger charge is -2.12. The summed E-state index contributed by atoms with van der Waals surface area (Å²) in [7, 11) is 0. The maximum atomic E-state index is 14.3. The van der Waals surface area contributed by atoms with Gasteiger partial charge in [-0.3, -0.25) is 9.93 Å². The highest BCUT2D eigenvalue weighted by molar-refractivity contribution is 7.97. The number of hydrogen-bond donors (Lipinski definition) is 1. The molecule has 0 saturated heterocycles. The number of halogens is 3. The van der Waals surface area contributed by atoms with Crippen molar-refractivity contribution in [3.63, 3.8) is 0 Å². The Bertz CT molecular complexity index is 1200. The SMILES string of the molecule is NSc1ccc(Cc2c(-c3ccccc3)nn(-c3nc(C=O)cs3)c2C(F)(F)F)cc1. The van der Waals surface area contributed by atoms with Gasteiger partial charge < -0.3 is 0 Å². The van der Waals surface area contributed by atoms with Crippen LogP contribution in [0, 0.1) is 0 Å². The first kappa shape index (κ1) is 21.3. The summed E-state index contributed by atoms with van der Waals surface area (Å²) >= 11 is 1.99. The van der Waals surface area contributed by atoms with Gasteiger partial charge in [-0.1, -0.05) is 42.5 Å². The quantitative estimate of drug-likeness (QED) is 0.309. The van der Waals surface area contributed by atoms with E-state index in [1.807, 2.05) is 0 Å². The molecule has 0 aliphatic rings. The second-order valence-electron chi connectivity index (χ2n) is 6.56. The predicted molar refractivity (Wildman–Crippen MR) is 114 cm³/mol. The third kappa shape index (κ3) is 4.41. The average Bonchev–Trinajstić information content (AvgIpc) is 3.39. The van der Waals surface area contributed by atoms with Crippen molar-refractivity contribution in [3.05, 3.63) is 82.5 Å². The molecule has 0 saturated carbocycles. The minimum atomic E-state index is -4.69. The molecule has 4 rings (SSSR count). The van der Waals surface area contributed by atoms with Crippen LogP contribution in [0.1, 0.15) is 27.3 Å². The summed E-state index contributed by atoms with van der Waals surface area (Å²) in [6.07, 6.45) is -4.18. The minimum Gasteiger partial charge on any atom is -0.296 e. The monoisotopic (exact) mass is 460 g/mol. The topological polar surface area (TPSA) is 73.8 Å². The molecule has 0 bridgehead atoms. The summed E-state index contributed by atoms with van der Waals surface area (Å²) in [4.78, 5) is 15.8. The molecule has 0 amide bonds. The maximum Gasteiger partial charge on any atom is 0.433 e. The molecule has 0 spiro atoms. The van der Waals surface area contributed by atoms with E-state index in [4.69, 9.17) is 5.14 Å². The van der Waals surface area contributed by atoms with Crippen LogP contribution in [0.4, 0.5) is 13.2 Å². The molecule has 0 atom stereocenters. The Labute approximate surface area is 183 Å². The fraction of sp³-hybridized carbons (Fsp3) is 0.0952. The molecule has 2 N–H and O–H groups in total. The van der Waals surface area contributed by atoms with E-state index in [0.29, 0.717) is 17.4 Å². The van der Waals surface area contributed by atoms with Gasteiger partial charge >= 0.3 is 6.18 Å². The Morgan fingerprint density at radius 1 is 1.10 bits per heavy atom. The van der Waals surface area contributed by atoms with Gasteiger partial charge in [-0.25, -0.2) is 9.67 Å². The van der Waals surface area contributed by atoms with E-state index in [0.717, 1.165) is 32.9 Å². The van der Waals surface area contributed by atoms with E-state index in [1.54, 1.807) is 54.6 Å². The van der Waals surface area contributed by atoms with Gasteiger partial charge in [-0.2, -0.15) is 18.3 Å². The molecule has 2 aromatic carbocycles. The van der Waals surface area contributed by atoms with E-state index in [9.17, 15) is 18.0 Å². The van der Waals surface area contributed by atoms with Crippen molar-refractivity contribution in [2.45, 2.75) is 17.5 Å². The standard InChI is InChI=1S/C21H15F3N4OS2/c22-21(23,24)19-17(10-13-6-8-16(31-25)9-7-13)18(14-4-2-1-3-5-14)27-28(19)20-26-15(11-29)12-30-20/h1-9,11-12H,10,25H2. The Balaban J connectivity index is 1.93. The van der Waals surface area contributed by atoms with Crippen molar-refractivity contribution in [2.24, 2.45) is 5.14 Å². The number of rotatable bonds is 6. The van der Waals surface area contributed by atoms with Crippen LogP contribution in [0.3, 0.4) is 0 Å². The van der Waals surface area contributed by atoms with E-state index in [-0.39, 0.29) is 28.5 Å². The molecule has 5 nitrogen and oxygen atoms in total. The van der Waals surface area contributed by atoms with Crippen LogP contribution in [0.25, 0.3) is 16.4 Å². The van der Waals surface area contributed by atoms with E-state index >= 15 is 0 Å². The summed E-state index contributed by atoms with van der Waals surface area (Å²) in [5, 5.41) is 11.2. The van der Waals surface area contributed by atoms with Crippen LogP contribution in [0.5, 0.6) is 0 Å². The summed E-state index contributed by atoms with van der Waals surface area (Å²) in [5.74, 6) is 0. The highest BCUT2D eigenvalue weighted by atomic mass is 32.2. The number of thiazole rings is 1. The van der Waals surface area contributed by atoms with Crippen molar-refractivity contribution in [1.82, 2.24) is 14.8 Å². The van der Waals surface area contributed by atoms with Gasteiger partial charge in [-0.05, 0) is 29.6 Å². The molecule has 2 aromatic heterocycles. The number of carbonyl (C=O) groups is 1. The van der Waals surface area contributed by atoms with E-state index in [1.165, 1.54) is 5.38 Å². The van der Waals surface area contributed by atoms with Gasteiger partial charge in [0.05, 0.1) is 5.69 Å². The molecule has 10 heteroatoms. The first-order valence-corrected chi connectivity index (χ1v) is 10.8. The predicted octanol–water partition coefficient (Wildman–Crippen LogP) is 5.38. The van der Waals surface area contributed by atoms with Gasteiger partial charge in [0.25, 0.3) is 0 Å². The summed E-state index contributed by atoms with van der Waals surface area (Å²) in [6, 6.07) is 15.7. The zero-order chi connectivity index (χ0) is 22.0. The lowest BCUT2D eigenvalue weighted by Crippen LogP contribution is -2.15. The molecule has 0 radical (unpaired) electrons. The van der Waals surface area contributed by atoms with Crippen molar-refractivity contribution in [2.75, 3.05) is 0 Å². The zero-order valence-electron chi connectivity index (χ0n) is 15.8. The second kappa shape index (κ2) is 8.66. The highest BCUT2D eigenvalue weighted by Crippen LogP contribution is 2.39. The van der Waals surface area contributed by atoms with Gasteiger partial charge in [0.2, 0.25) is 5.13 Å². The molecule has 4 aromatic rings. The van der Waals surface area contributed by atoms with Crippen LogP contribution in [0.2, 0.25) is 0 Å². The normalized spacial score (nSPS) is 11.6. The smallest absolute Gasteiger partial charge is 0.296 e. The molecular formula is C21H15F3N4OS2. The number of carbonyl (C=O) groups excluding carboxylic acids is 1. The van der Waals surface area contributed by atoms with Crippen LogP contribution in [-0.4, -0.2) is 21.1 Å². The number of hydrogen-bond acceptors (Lipinski definition) is 6. The second-order valence-corrected chi connectivity index (χ2v) is 8.11. The van der Waals surface area contributed by atoms with Crippen molar-refractivity contribution >= 4 is 29.6 Å². The Morgan fingerprint density at radius 2 is 1.81 bits per heavy atom. The van der Waals surface area contributed by atoms with Crippen LogP contribution in [0.15, 0.2) is 64.9 Å². The molecular weight excluding hydrogens is 445 g/mol. The molecule has 158 valence electrons. The van der Waals surface area contributed by atoms with Crippen molar-refractivity contribution < 1.29 is 18.0 Å². The third-order valence-electron chi connectivity index (χ3n) is 4.55. The van der Waals surface area contributed by atoms with Gasteiger partial charge in [0.1, 0.15) is 5.69 Å². The number of nitrogens with two attached hydrogens (primary N) is 1. The van der Waals surface area contributed by atoms with Crippen molar-refractivity contribution in [1.29, 1.82) is 0 Å². The fourth-order valence-corrected chi connectivity index (χ4v) is 4.21. The number of aromatic nitrogens is 3. The fourth-order valence-electron chi connectivity index (χ4n) is 3.19. The Hall–Kier alpha value is -2.95. The van der Waals surface area contributed by atoms with Crippen LogP contribution in [-0.2, 0) is 12.6 Å². The molecule has 2 heterocycles. The lowest BCUT2D eigenvalue weighted by molar-refractivity contribution is -0.143. The Morgan fingerprint density at radius 3 is 2.39 bits per heavy atom. The molecule has 0 unspecified atom stereocenters. The number of benzene rings is 2. The molecule has 0 aliphatic heterocycles.